The van der Waals surface area contributed by atoms with Crippen molar-refractivity contribution in [3.05, 3.63) is 71.5 Å². The van der Waals surface area contributed by atoms with E-state index in [1.54, 1.807) is 18.5 Å². The zero-order valence-corrected chi connectivity index (χ0v) is 17.3. The Balaban J connectivity index is 1.17. The Morgan fingerprint density at radius 3 is 2.50 bits per heavy atom. The zero-order valence-electron chi connectivity index (χ0n) is 16.5. The van der Waals surface area contributed by atoms with E-state index in [4.69, 9.17) is 11.6 Å². The lowest BCUT2D eigenvalue weighted by molar-refractivity contribution is 0.297. The number of rotatable bonds is 5. The largest absolute Gasteiger partial charge is 0.351 e. The van der Waals surface area contributed by atoms with Gasteiger partial charge in [0.05, 0.1) is 5.69 Å². The highest BCUT2D eigenvalue weighted by atomic mass is 35.5. The number of nitrogens with zero attached hydrogens (tertiary/aromatic N) is 4. The lowest BCUT2D eigenvalue weighted by Crippen LogP contribution is -2.25. The summed E-state index contributed by atoms with van der Waals surface area (Å²) in [6, 6.07) is 10.8. The van der Waals surface area contributed by atoms with Gasteiger partial charge in [-0.1, -0.05) is 17.7 Å². The van der Waals surface area contributed by atoms with Gasteiger partial charge in [0.2, 0.25) is 5.95 Å². The van der Waals surface area contributed by atoms with Gasteiger partial charge in [0.1, 0.15) is 5.82 Å². The summed E-state index contributed by atoms with van der Waals surface area (Å²) in [5.41, 5.74) is 2.45. The Hall–Kier alpha value is -2.57. The molecule has 2 fully saturated rings. The smallest absolute Gasteiger partial charge is 0.222 e. The van der Waals surface area contributed by atoms with Crippen molar-refractivity contribution in [1.82, 2.24) is 19.9 Å². The van der Waals surface area contributed by atoms with Crippen molar-refractivity contribution in [1.29, 1.82) is 0 Å². The summed E-state index contributed by atoms with van der Waals surface area (Å²) in [6.45, 7) is 3.17. The van der Waals surface area contributed by atoms with Gasteiger partial charge in [-0.3, -0.25) is 9.88 Å². The predicted molar refractivity (Wildman–Crippen MR) is 116 cm³/mol. The zero-order chi connectivity index (χ0) is 20.5. The van der Waals surface area contributed by atoms with Crippen LogP contribution < -0.4 is 5.32 Å². The maximum absolute atomic E-state index is 13.5. The van der Waals surface area contributed by atoms with Crippen LogP contribution in [0.3, 0.4) is 0 Å². The fraction of sp³-hybridized carbons (Fsp3) is 0.348. The van der Waals surface area contributed by atoms with E-state index in [1.807, 2.05) is 18.3 Å². The number of hydrogen-bond acceptors (Lipinski definition) is 5. The minimum absolute atomic E-state index is 0.328. The molecular formula is C23H23ClFN5. The summed E-state index contributed by atoms with van der Waals surface area (Å²) >= 11 is 6.18. The Bertz CT molecular complexity index is 1000. The van der Waals surface area contributed by atoms with E-state index in [2.05, 4.69) is 31.2 Å². The molecule has 0 spiro atoms. The van der Waals surface area contributed by atoms with Crippen molar-refractivity contribution in [2.24, 2.45) is 11.8 Å². The van der Waals surface area contributed by atoms with Crippen LogP contribution >= 0.6 is 11.6 Å². The summed E-state index contributed by atoms with van der Waals surface area (Å²) in [5, 5.41) is 3.96. The van der Waals surface area contributed by atoms with Gasteiger partial charge in [0, 0.05) is 60.4 Å². The first-order valence-corrected chi connectivity index (χ1v) is 10.7. The molecule has 1 aliphatic heterocycles. The maximum Gasteiger partial charge on any atom is 0.222 e. The Morgan fingerprint density at radius 1 is 1.03 bits per heavy atom. The Morgan fingerprint density at radius 2 is 1.80 bits per heavy atom. The highest BCUT2D eigenvalue weighted by Gasteiger charge is 2.40. The van der Waals surface area contributed by atoms with Crippen LogP contribution in [0.4, 0.5) is 10.3 Å². The SMILES string of the molecule is Fc1ccc(Cl)c(-c2cnc(N[C@@H]3CC4CN(Cc5ccccn5)C[C@H]4C3)nc2)c1. The molecule has 0 amide bonds. The molecular weight excluding hydrogens is 401 g/mol. The third-order valence-electron chi connectivity index (χ3n) is 6.16. The fourth-order valence-corrected chi connectivity index (χ4v) is 5.03. The van der Waals surface area contributed by atoms with Crippen molar-refractivity contribution in [3.63, 3.8) is 0 Å². The molecule has 0 bridgehead atoms. The van der Waals surface area contributed by atoms with Crippen LogP contribution in [0.5, 0.6) is 0 Å². The molecule has 7 heteroatoms. The Labute approximate surface area is 180 Å². The fourth-order valence-electron chi connectivity index (χ4n) is 4.81. The van der Waals surface area contributed by atoms with E-state index in [1.165, 1.54) is 12.1 Å². The van der Waals surface area contributed by atoms with Crippen molar-refractivity contribution < 1.29 is 4.39 Å². The third-order valence-corrected chi connectivity index (χ3v) is 6.49. The average Bonchev–Trinajstić information content (AvgIpc) is 3.29. The molecule has 0 radical (unpaired) electrons. The molecule has 3 atom stereocenters. The molecule has 1 aliphatic carbocycles. The summed E-state index contributed by atoms with van der Waals surface area (Å²) in [5.74, 6) is 1.70. The second-order valence-electron chi connectivity index (χ2n) is 8.27. The van der Waals surface area contributed by atoms with Crippen LogP contribution in [0.1, 0.15) is 18.5 Å². The molecule has 3 aromatic rings. The quantitative estimate of drug-likeness (QED) is 0.647. The number of likely N-dealkylation sites (tertiary alicyclic amines) is 1. The summed E-state index contributed by atoms with van der Waals surface area (Å²) in [7, 11) is 0. The van der Waals surface area contributed by atoms with E-state index in [0.717, 1.165) is 38.2 Å². The van der Waals surface area contributed by atoms with Crippen LogP contribution in [0, 0.1) is 17.7 Å². The third kappa shape index (κ3) is 4.16. The van der Waals surface area contributed by atoms with Crippen LogP contribution in [-0.4, -0.2) is 39.0 Å². The van der Waals surface area contributed by atoms with Gasteiger partial charge in [-0.2, -0.15) is 0 Å². The van der Waals surface area contributed by atoms with Crippen molar-refractivity contribution in [2.45, 2.75) is 25.4 Å². The summed E-state index contributed by atoms with van der Waals surface area (Å²) < 4.78 is 13.5. The van der Waals surface area contributed by atoms with Gasteiger partial charge in [-0.15, -0.1) is 0 Å². The molecule has 1 aromatic carbocycles. The lowest BCUT2D eigenvalue weighted by Gasteiger charge is -2.19. The Kier molecular flexibility index (Phi) is 5.35. The first kappa shape index (κ1) is 19.4. The van der Waals surface area contributed by atoms with Crippen LogP contribution in [0.15, 0.2) is 55.0 Å². The molecule has 3 heterocycles. The second-order valence-corrected chi connectivity index (χ2v) is 8.67. The minimum atomic E-state index is -0.328. The molecule has 1 saturated heterocycles. The van der Waals surface area contributed by atoms with E-state index < -0.39 is 0 Å². The van der Waals surface area contributed by atoms with Gasteiger partial charge in [-0.25, -0.2) is 14.4 Å². The highest BCUT2D eigenvalue weighted by Crippen LogP contribution is 2.39. The number of hydrogen-bond donors (Lipinski definition) is 1. The topological polar surface area (TPSA) is 53.9 Å². The second kappa shape index (κ2) is 8.28. The minimum Gasteiger partial charge on any atom is -0.351 e. The van der Waals surface area contributed by atoms with Crippen molar-refractivity contribution >= 4 is 17.5 Å². The first-order chi connectivity index (χ1) is 14.6. The normalized spacial score (nSPS) is 23.5. The van der Waals surface area contributed by atoms with Gasteiger partial charge < -0.3 is 5.32 Å². The molecule has 1 unspecified atom stereocenters. The molecule has 1 N–H and O–H groups in total. The number of pyridine rings is 1. The lowest BCUT2D eigenvalue weighted by atomic mass is 10.0. The van der Waals surface area contributed by atoms with Gasteiger partial charge in [0.15, 0.2) is 0 Å². The summed E-state index contributed by atoms with van der Waals surface area (Å²) in [6.07, 6.45) is 7.51. The monoisotopic (exact) mass is 423 g/mol. The molecule has 2 aromatic heterocycles. The van der Waals surface area contributed by atoms with Crippen LogP contribution in [0.25, 0.3) is 11.1 Å². The number of halogens is 2. The highest BCUT2D eigenvalue weighted by molar-refractivity contribution is 6.33. The van der Waals surface area contributed by atoms with E-state index in [0.29, 0.717) is 40.0 Å². The van der Waals surface area contributed by atoms with E-state index in [-0.39, 0.29) is 5.82 Å². The average molecular weight is 424 g/mol. The summed E-state index contributed by atoms with van der Waals surface area (Å²) in [4.78, 5) is 15.8. The van der Waals surface area contributed by atoms with E-state index in [9.17, 15) is 4.39 Å². The molecule has 5 rings (SSSR count). The predicted octanol–water partition coefficient (Wildman–Crippen LogP) is 4.65. The van der Waals surface area contributed by atoms with Gasteiger partial charge in [-0.05, 0) is 55.0 Å². The number of benzene rings is 1. The number of aromatic nitrogens is 3. The van der Waals surface area contributed by atoms with Crippen LogP contribution in [0.2, 0.25) is 5.02 Å². The van der Waals surface area contributed by atoms with Crippen molar-refractivity contribution in [2.75, 3.05) is 18.4 Å². The molecule has 1 saturated carbocycles. The number of anilines is 1. The molecule has 5 nitrogen and oxygen atoms in total. The first-order valence-electron chi connectivity index (χ1n) is 10.3. The molecule has 2 aliphatic rings. The van der Waals surface area contributed by atoms with E-state index >= 15 is 0 Å². The number of nitrogens with one attached hydrogen (secondary N) is 1. The van der Waals surface area contributed by atoms with Crippen LogP contribution in [-0.2, 0) is 6.54 Å². The molecule has 154 valence electrons. The van der Waals surface area contributed by atoms with Gasteiger partial charge in [0.25, 0.3) is 0 Å². The standard InChI is InChI=1S/C23H23ClFN5/c24-22-5-4-18(25)9-21(22)17-10-27-23(28-11-17)29-20-7-15-12-30(13-16(15)8-20)14-19-3-1-2-6-26-19/h1-6,9-11,15-16,20H,7-8,12-14H2,(H,27,28,29)/t15-,16?,20+/m1/s1. The van der Waals surface area contributed by atoms with Crippen molar-refractivity contribution in [3.8, 4) is 11.1 Å². The molecule has 30 heavy (non-hydrogen) atoms. The maximum atomic E-state index is 13.5. The number of fused-ring (bicyclic) bond motifs is 1. The van der Waals surface area contributed by atoms with Gasteiger partial charge >= 0.3 is 0 Å².